The van der Waals surface area contributed by atoms with E-state index in [9.17, 15) is 9.90 Å². The summed E-state index contributed by atoms with van der Waals surface area (Å²) < 4.78 is 0. The van der Waals surface area contributed by atoms with E-state index in [2.05, 4.69) is 4.98 Å². The number of hydrogen-bond acceptors (Lipinski definition) is 4. The Bertz CT molecular complexity index is 509. The van der Waals surface area contributed by atoms with Crippen molar-refractivity contribution in [2.75, 3.05) is 11.4 Å². The number of carboxylic acid groups (broad SMARTS) is 1. The minimum Gasteiger partial charge on any atom is -0.479 e. The molecule has 1 atom stereocenters. The number of pyridine rings is 1. The predicted molar refractivity (Wildman–Crippen MR) is 66.2 cm³/mol. The van der Waals surface area contributed by atoms with Crippen molar-refractivity contribution in [1.82, 2.24) is 4.98 Å². The first-order valence-electron chi connectivity index (χ1n) is 6.02. The van der Waals surface area contributed by atoms with Gasteiger partial charge in [-0.3, -0.25) is 0 Å². The standard InChI is InChI=1S/C13H15N3O2/c1-2-13(12(17)18)7-4-8-16(13)11-6-3-5-10(9-14)15-11/h3,5-6H,2,4,7-8H2,1H3,(H,17,18). The Morgan fingerprint density at radius 3 is 3.06 bits per heavy atom. The Labute approximate surface area is 106 Å². The van der Waals surface area contributed by atoms with Crippen LogP contribution >= 0.6 is 0 Å². The summed E-state index contributed by atoms with van der Waals surface area (Å²) in [6.45, 7) is 2.54. The highest BCUT2D eigenvalue weighted by Crippen LogP contribution is 2.36. The van der Waals surface area contributed by atoms with Crippen LogP contribution in [0, 0.1) is 11.3 Å². The molecule has 1 N–H and O–H groups in total. The minimum absolute atomic E-state index is 0.315. The average Bonchev–Trinajstić information content (AvgIpc) is 2.84. The molecule has 1 aliphatic heterocycles. The minimum atomic E-state index is -0.874. The van der Waals surface area contributed by atoms with Gasteiger partial charge in [-0.1, -0.05) is 13.0 Å². The first-order chi connectivity index (χ1) is 8.64. The molecule has 2 rings (SSSR count). The molecule has 0 aliphatic carbocycles. The van der Waals surface area contributed by atoms with Gasteiger partial charge < -0.3 is 10.0 Å². The molecule has 1 aromatic rings. The molecule has 0 spiro atoms. The Hall–Kier alpha value is -2.09. The van der Waals surface area contributed by atoms with Crippen LogP contribution in [0.3, 0.4) is 0 Å². The second kappa shape index (κ2) is 4.65. The predicted octanol–water partition coefficient (Wildman–Crippen LogP) is 1.79. The van der Waals surface area contributed by atoms with Crippen molar-refractivity contribution in [2.24, 2.45) is 0 Å². The molecule has 1 saturated heterocycles. The lowest BCUT2D eigenvalue weighted by atomic mass is 9.93. The normalized spacial score (nSPS) is 22.8. The maximum atomic E-state index is 11.6. The summed E-state index contributed by atoms with van der Waals surface area (Å²) in [4.78, 5) is 17.6. The topological polar surface area (TPSA) is 77.2 Å². The zero-order valence-corrected chi connectivity index (χ0v) is 10.3. The summed E-state index contributed by atoms with van der Waals surface area (Å²) in [6.07, 6.45) is 1.98. The lowest BCUT2D eigenvalue weighted by molar-refractivity contribution is -0.143. The summed E-state index contributed by atoms with van der Waals surface area (Å²) in [5, 5.41) is 18.3. The summed E-state index contributed by atoms with van der Waals surface area (Å²) in [5.41, 5.74) is -0.559. The molecular formula is C13H15N3O2. The van der Waals surface area contributed by atoms with Crippen molar-refractivity contribution in [2.45, 2.75) is 31.7 Å². The number of carbonyl (C=O) groups is 1. The third-order valence-corrected chi connectivity index (χ3v) is 3.60. The van der Waals surface area contributed by atoms with E-state index in [4.69, 9.17) is 5.26 Å². The summed E-state index contributed by atoms with van der Waals surface area (Å²) in [6, 6.07) is 7.10. The van der Waals surface area contributed by atoms with E-state index < -0.39 is 11.5 Å². The number of anilines is 1. The summed E-state index contributed by atoms with van der Waals surface area (Å²) in [7, 11) is 0. The highest BCUT2D eigenvalue weighted by Gasteiger charge is 2.46. The van der Waals surface area contributed by atoms with Gasteiger partial charge in [-0.05, 0) is 31.4 Å². The van der Waals surface area contributed by atoms with E-state index in [1.807, 2.05) is 17.9 Å². The monoisotopic (exact) mass is 245 g/mol. The van der Waals surface area contributed by atoms with E-state index in [0.29, 0.717) is 30.9 Å². The third-order valence-electron chi connectivity index (χ3n) is 3.60. The molecule has 0 saturated carbocycles. The first-order valence-corrected chi connectivity index (χ1v) is 6.02. The van der Waals surface area contributed by atoms with Gasteiger partial charge in [0.05, 0.1) is 0 Å². The molecule has 0 amide bonds. The zero-order chi connectivity index (χ0) is 13.2. The van der Waals surface area contributed by atoms with E-state index >= 15 is 0 Å². The van der Waals surface area contributed by atoms with Crippen molar-refractivity contribution in [3.63, 3.8) is 0 Å². The molecule has 1 fully saturated rings. The van der Waals surface area contributed by atoms with Gasteiger partial charge in [0.1, 0.15) is 23.1 Å². The lowest BCUT2D eigenvalue weighted by Crippen LogP contribution is -2.50. The largest absolute Gasteiger partial charge is 0.479 e. The van der Waals surface area contributed by atoms with Crippen LogP contribution in [0.25, 0.3) is 0 Å². The Kier molecular flexibility index (Phi) is 3.19. The van der Waals surface area contributed by atoms with Crippen LogP contribution in [0.15, 0.2) is 18.2 Å². The number of nitrogens with zero attached hydrogens (tertiary/aromatic N) is 3. The van der Waals surface area contributed by atoms with Crippen molar-refractivity contribution in [3.8, 4) is 6.07 Å². The van der Waals surface area contributed by atoms with Crippen LogP contribution < -0.4 is 4.90 Å². The smallest absolute Gasteiger partial charge is 0.329 e. The molecule has 0 bridgehead atoms. The van der Waals surface area contributed by atoms with Crippen molar-refractivity contribution in [1.29, 1.82) is 5.26 Å². The van der Waals surface area contributed by atoms with Crippen LogP contribution in [0.2, 0.25) is 0 Å². The van der Waals surface area contributed by atoms with Gasteiger partial charge in [0, 0.05) is 6.54 Å². The van der Waals surface area contributed by atoms with Gasteiger partial charge in [-0.25, -0.2) is 9.78 Å². The van der Waals surface area contributed by atoms with Gasteiger partial charge in [-0.15, -0.1) is 0 Å². The third kappa shape index (κ3) is 1.80. The number of nitriles is 1. The maximum Gasteiger partial charge on any atom is 0.329 e. The van der Waals surface area contributed by atoms with Gasteiger partial charge in [-0.2, -0.15) is 5.26 Å². The van der Waals surface area contributed by atoms with Crippen LogP contribution in [0.1, 0.15) is 31.9 Å². The average molecular weight is 245 g/mol. The summed E-state index contributed by atoms with van der Waals surface area (Å²) >= 11 is 0. The van der Waals surface area contributed by atoms with Gasteiger partial charge in [0.2, 0.25) is 0 Å². The van der Waals surface area contributed by atoms with Crippen LogP contribution in [0.5, 0.6) is 0 Å². The molecular weight excluding hydrogens is 230 g/mol. The molecule has 94 valence electrons. The molecule has 1 aromatic heterocycles. The van der Waals surface area contributed by atoms with Gasteiger partial charge in [0.25, 0.3) is 0 Å². The van der Waals surface area contributed by atoms with E-state index in [0.717, 1.165) is 6.42 Å². The van der Waals surface area contributed by atoms with Gasteiger partial charge in [0.15, 0.2) is 0 Å². The first kappa shape index (κ1) is 12.4. The molecule has 1 unspecified atom stereocenters. The maximum absolute atomic E-state index is 11.6. The van der Waals surface area contributed by atoms with Crippen molar-refractivity contribution < 1.29 is 9.90 Å². The fraction of sp³-hybridized carbons (Fsp3) is 0.462. The quantitative estimate of drug-likeness (QED) is 0.878. The van der Waals surface area contributed by atoms with Crippen LogP contribution in [0.4, 0.5) is 5.82 Å². The number of carboxylic acids is 1. The van der Waals surface area contributed by atoms with Gasteiger partial charge >= 0.3 is 5.97 Å². The van der Waals surface area contributed by atoms with Crippen molar-refractivity contribution >= 4 is 11.8 Å². The van der Waals surface area contributed by atoms with E-state index in [1.54, 1.807) is 18.2 Å². The molecule has 0 aromatic carbocycles. The van der Waals surface area contributed by atoms with E-state index in [-0.39, 0.29) is 0 Å². The van der Waals surface area contributed by atoms with E-state index in [1.165, 1.54) is 0 Å². The number of aromatic nitrogens is 1. The second-order valence-electron chi connectivity index (χ2n) is 4.44. The molecule has 2 heterocycles. The molecule has 5 nitrogen and oxygen atoms in total. The zero-order valence-electron chi connectivity index (χ0n) is 10.3. The number of hydrogen-bond donors (Lipinski definition) is 1. The summed E-state index contributed by atoms with van der Waals surface area (Å²) in [5.74, 6) is -0.234. The highest BCUT2D eigenvalue weighted by molar-refractivity contribution is 5.84. The molecule has 18 heavy (non-hydrogen) atoms. The molecule has 0 radical (unpaired) electrons. The molecule has 5 heteroatoms. The Morgan fingerprint density at radius 2 is 2.44 bits per heavy atom. The second-order valence-corrected chi connectivity index (χ2v) is 4.44. The fourth-order valence-electron chi connectivity index (χ4n) is 2.59. The Morgan fingerprint density at radius 1 is 1.67 bits per heavy atom. The lowest BCUT2D eigenvalue weighted by Gasteiger charge is -2.34. The number of aliphatic carboxylic acids is 1. The van der Waals surface area contributed by atoms with Crippen LogP contribution in [-0.4, -0.2) is 28.1 Å². The fourth-order valence-corrected chi connectivity index (χ4v) is 2.59. The SMILES string of the molecule is CCC1(C(=O)O)CCCN1c1cccc(C#N)n1. The number of rotatable bonds is 3. The van der Waals surface area contributed by atoms with Crippen molar-refractivity contribution in [3.05, 3.63) is 23.9 Å². The molecule has 1 aliphatic rings. The Balaban J connectivity index is 2.43. The van der Waals surface area contributed by atoms with Crippen LogP contribution in [-0.2, 0) is 4.79 Å². The highest BCUT2D eigenvalue weighted by atomic mass is 16.4.